The van der Waals surface area contributed by atoms with Crippen LogP contribution in [0.2, 0.25) is 10.0 Å². The molecule has 4 rings (SSSR count). The SMILES string of the molecule is COc1cccc2c1C=CN(C1CCCC1)C2Cc1c(Cl)cncc1Cl. The summed E-state index contributed by atoms with van der Waals surface area (Å²) in [6.45, 7) is 0. The molecule has 0 amide bonds. The van der Waals surface area contributed by atoms with Crippen molar-refractivity contribution in [3.05, 3.63) is 63.5 Å². The Hall–Kier alpha value is -1.71. The van der Waals surface area contributed by atoms with Crippen LogP contribution in [0.3, 0.4) is 0 Å². The third-order valence-electron chi connectivity index (χ3n) is 5.55. The molecule has 0 N–H and O–H groups in total. The standard InChI is InChI=1S/C21H22Cl2N2O/c1-26-21-8-4-7-15-16(21)9-10-25(14-5-2-3-6-14)20(15)11-17-18(22)12-24-13-19(17)23/h4,7-10,12-14,20H,2-3,5-6,11H2,1H3. The summed E-state index contributed by atoms with van der Waals surface area (Å²) >= 11 is 12.9. The Bertz CT molecular complexity index is 811. The van der Waals surface area contributed by atoms with Gasteiger partial charge in [0.2, 0.25) is 0 Å². The van der Waals surface area contributed by atoms with Crippen LogP contribution >= 0.6 is 23.2 Å². The lowest BCUT2D eigenvalue weighted by Crippen LogP contribution is -2.35. The summed E-state index contributed by atoms with van der Waals surface area (Å²) in [7, 11) is 1.72. The maximum absolute atomic E-state index is 6.43. The van der Waals surface area contributed by atoms with Crippen LogP contribution < -0.4 is 4.74 Å². The van der Waals surface area contributed by atoms with Gasteiger partial charge in [-0.1, -0.05) is 48.2 Å². The molecule has 1 aromatic carbocycles. The fourth-order valence-corrected chi connectivity index (χ4v) is 4.77. The van der Waals surface area contributed by atoms with Gasteiger partial charge in [-0.25, -0.2) is 0 Å². The van der Waals surface area contributed by atoms with Crippen LogP contribution in [0.5, 0.6) is 5.75 Å². The number of hydrogen-bond acceptors (Lipinski definition) is 3. The van der Waals surface area contributed by atoms with Gasteiger partial charge in [0.25, 0.3) is 0 Å². The van der Waals surface area contributed by atoms with Crippen LogP contribution in [0, 0.1) is 0 Å². The van der Waals surface area contributed by atoms with Crippen molar-refractivity contribution in [1.29, 1.82) is 0 Å². The number of hydrogen-bond donors (Lipinski definition) is 0. The largest absolute Gasteiger partial charge is 0.496 e. The van der Waals surface area contributed by atoms with Crippen LogP contribution in [-0.2, 0) is 6.42 Å². The van der Waals surface area contributed by atoms with Gasteiger partial charge in [0.1, 0.15) is 5.75 Å². The highest BCUT2D eigenvalue weighted by atomic mass is 35.5. The van der Waals surface area contributed by atoms with Crippen molar-refractivity contribution >= 4 is 29.3 Å². The summed E-state index contributed by atoms with van der Waals surface area (Å²) in [5, 5.41) is 1.26. The van der Waals surface area contributed by atoms with Crippen LogP contribution in [0.4, 0.5) is 0 Å². The van der Waals surface area contributed by atoms with E-state index in [9.17, 15) is 0 Å². The van der Waals surface area contributed by atoms with Gasteiger partial charge in [0.15, 0.2) is 0 Å². The Morgan fingerprint density at radius 2 is 1.88 bits per heavy atom. The molecule has 2 aromatic rings. The molecule has 2 heterocycles. The predicted molar refractivity (Wildman–Crippen MR) is 107 cm³/mol. The molecule has 2 aliphatic rings. The second kappa shape index (κ2) is 7.50. The average molecular weight is 389 g/mol. The maximum Gasteiger partial charge on any atom is 0.126 e. The van der Waals surface area contributed by atoms with Crippen molar-refractivity contribution in [3.8, 4) is 5.75 Å². The second-order valence-electron chi connectivity index (χ2n) is 6.97. The number of fused-ring (bicyclic) bond motifs is 1. The second-order valence-corrected chi connectivity index (χ2v) is 7.78. The molecule has 1 aromatic heterocycles. The molecule has 1 fully saturated rings. The van der Waals surface area contributed by atoms with Gasteiger partial charge in [0.05, 0.1) is 23.2 Å². The number of aromatic nitrogens is 1. The summed E-state index contributed by atoms with van der Waals surface area (Å²) in [5.74, 6) is 0.904. The summed E-state index contributed by atoms with van der Waals surface area (Å²) in [4.78, 5) is 6.60. The number of rotatable bonds is 4. The lowest BCUT2D eigenvalue weighted by molar-refractivity contribution is 0.202. The zero-order chi connectivity index (χ0) is 18.1. The Morgan fingerprint density at radius 3 is 2.58 bits per heavy atom. The van der Waals surface area contributed by atoms with Crippen molar-refractivity contribution in [3.63, 3.8) is 0 Å². The molecule has 1 aliphatic carbocycles. The summed E-state index contributed by atoms with van der Waals surface area (Å²) < 4.78 is 5.59. The highest BCUT2D eigenvalue weighted by Crippen LogP contribution is 2.42. The van der Waals surface area contributed by atoms with Crippen molar-refractivity contribution in [2.24, 2.45) is 0 Å². The Morgan fingerprint density at radius 1 is 1.15 bits per heavy atom. The minimum Gasteiger partial charge on any atom is -0.496 e. The maximum atomic E-state index is 6.43. The number of methoxy groups -OCH3 is 1. The molecular formula is C21H22Cl2N2O. The van der Waals surface area contributed by atoms with Crippen molar-refractivity contribution in [2.45, 2.75) is 44.2 Å². The minimum absolute atomic E-state index is 0.186. The Balaban J connectivity index is 1.78. The molecule has 0 bridgehead atoms. The van der Waals surface area contributed by atoms with Gasteiger partial charge in [0, 0.05) is 36.6 Å². The molecule has 26 heavy (non-hydrogen) atoms. The normalized spacial score (nSPS) is 19.7. The van der Waals surface area contributed by atoms with Crippen molar-refractivity contribution in [1.82, 2.24) is 9.88 Å². The average Bonchev–Trinajstić information content (AvgIpc) is 3.18. The number of ether oxygens (including phenoxy) is 1. The Labute approximate surface area is 164 Å². The smallest absolute Gasteiger partial charge is 0.126 e. The molecule has 0 radical (unpaired) electrons. The molecule has 1 saturated carbocycles. The molecular weight excluding hydrogens is 367 g/mol. The van der Waals surface area contributed by atoms with E-state index in [1.165, 1.54) is 31.2 Å². The van der Waals surface area contributed by atoms with E-state index in [4.69, 9.17) is 27.9 Å². The van der Waals surface area contributed by atoms with E-state index >= 15 is 0 Å². The topological polar surface area (TPSA) is 25.4 Å². The summed E-state index contributed by atoms with van der Waals surface area (Å²) in [6, 6.07) is 7.02. The number of nitrogens with zero attached hydrogens (tertiary/aromatic N) is 2. The molecule has 0 saturated heterocycles. The van der Waals surface area contributed by atoms with Crippen LogP contribution in [-0.4, -0.2) is 23.0 Å². The molecule has 0 spiro atoms. The molecule has 136 valence electrons. The van der Waals surface area contributed by atoms with E-state index in [0.717, 1.165) is 23.3 Å². The van der Waals surface area contributed by atoms with Gasteiger partial charge < -0.3 is 9.64 Å². The van der Waals surface area contributed by atoms with E-state index in [1.54, 1.807) is 19.5 Å². The van der Waals surface area contributed by atoms with E-state index < -0.39 is 0 Å². The van der Waals surface area contributed by atoms with Crippen LogP contribution in [0.25, 0.3) is 6.08 Å². The zero-order valence-corrected chi connectivity index (χ0v) is 16.3. The highest BCUT2D eigenvalue weighted by Gasteiger charge is 2.32. The van der Waals surface area contributed by atoms with Crippen LogP contribution in [0.1, 0.15) is 48.4 Å². The zero-order valence-electron chi connectivity index (χ0n) is 14.8. The molecule has 5 heteroatoms. The van der Waals surface area contributed by atoms with E-state index in [2.05, 4.69) is 34.3 Å². The van der Waals surface area contributed by atoms with Crippen LogP contribution in [0.15, 0.2) is 36.8 Å². The first-order valence-corrected chi connectivity index (χ1v) is 9.85. The van der Waals surface area contributed by atoms with Gasteiger partial charge in [-0.05, 0) is 36.1 Å². The molecule has 1 atom stereocenters. The van der Waals surface area contributed by atoms with Crippen molar-refractivity contribution in [2.75, 3.05) is 7.11 Å². The number of benzene rings is 1. The fourth-order valence-electron chi connectivity index (χ4n) is 4.25. The van der Waals surface area contributed by atoms with E-state index in [1.807, 2.05) is 6.07 Å². The number of pyridine rings is 1. The lowest BCUT2D eigenvalue weighted by Gasteiger charge is -2.40. The van der Waals surface area contributed by atoms with E-state index in [0.29, 0.717) is 16.1 Å². The molecule has 1 unspecified atom stereocenters. The first-order chi connectivity index (χ1) is 12.7. The third-order valence-corrected chi connectivity index (χ3v) is 6.20. The lowest BCUT2D eigenvalue weighted by atomic mass is 9.89. The van der Waals surface area contributed by atoms with Gasteiger partial charge in [-0.3, -0.25) is 4.98 Å². The molecule has 3 nitrogen and oxygen atoms in total. The van der Waals surface area contributed by atoms with Gasteiger partial charge >= 0.3 is 0 Å². The first-order valence-electron chi connectivity index (χ1n) is 9.09. The predicted octanol–water partition coefficient (Wildman–Crippen LogP) is 5.91. The monoisotopic (exact) mass is 388 g/mol. The minimum atomic E-state index is 0.186. The third kappa shape index (κ3) is 3.19. The molecule has 1 aliphatic heterocycles. The number of halogens is 2. The highest BCUT2D eigenvalue weighted by molar-refractivity contribution is 6.35. The van der Waals surface area contributed by atoms with Gasteiger partial charge in [-0.15, -0.1) is 0 Å². The summed E-state index contributed by atoms with van der Waals surface area (Å²) in [5.41, 5.74) is 3.37. The summed E-state index contributed by atoms with van der Waals surface area (Å²) in [6.07, 6.45) is 13.6. The van der Waals surface area contributed by atoms with E-state index in [-0.39, 0.29) is 6.04 Å². The quantitative estimate of drug-likeness (QED) is 0.650. The van der Waals surface area contributed by atoms with Gasteiger partial charge in [-0.2, -0.15) is 0 Å². The Kier molecular flexibility index (Phi) is 5.10. The first kappa shape index (κ1) is 17.7. The fraction of sp³-hybridized carbons (Fsp3) is 0.381. The van der Waals surface area contributed by atoms with Crippen molar-refractivity contribution < 1.29 is 4.74 Å².